The number of carbonyl (C=O) groups is 2. The zero-order valence-electron chi connectivity index (χ0n) is 16.2. The molecule has 0 aliphatic heterocycles. The van der Waals surface area contributed by atoms with Crippen molar-refractivity contribution in [2.75, 3.05) is 26.6 Å². The summed E-state index contributed by atoms with van der Waals surface area (Å²) in [5, 5.41) is 6.32. The molecule has 0 unspecified atom stereocenters. The summed E-state index contributed by atoms with van der Waals surface area (Å²) in [6.07, 6.45) is 2.24. The van der Waals surface area contributed by atoms with E-state index in [2.05, 4.69) is 15.8 Å². The van der Waals surface area contributed by atoms with E-state index in [4.69, 9.17) is 14.2 Å². The number of benzene rings is 2. The number of hydrogen-bond donors (Lipinski definition) is 2. The summed E-state index contributed by atoms with van der Waals surface area (Å²) >= 11 is 0. The third kappa shape index (κ3) is 5.00. The van der Waals surface area contributed by atoms with Gasteiger partial charge in [-0.05, 0) is 36.2 Å². The van der Waals surface area contributed by atoms with Gasteiger partial charge in [0.25, 0.3) is 0 Å². The monoisotopic (exact) mass is 385 g/mol. The largest absolute Gasteiger partial charge is 0.493 e. The van der Waals surface area contributed by atoms with E-state index >= 15 is 0 Å². The normalized spacial score (nSPS) is 10.4. The van der Waals surface area contributed by atoms with Gasteiger partial charge in [0, 0.05) is 11.3 Å². The number of nitrogens with zero attached hydrogens (tertiary/aromatic N) is 1. The molecular formula is C20H23N3O5. The van der Waals surface area contributed by atoms with Gasteiger partial charge in [-0.25, -0.2) is 5.43 Å². The molecule has 28 heavy (non-hydrogen) atoms. The van der Waals surface area contributed by atoms with Gasteiger partial charge in [0.1, 0.15) is 0 Å². The zero-order valence-corrected chi connectivity index (χ0v) is 16.2. The Morgan fingerprint density at radius 1 is 0.929 bits per heavy atom. The van der Waals surface area contributed by atoms with Crippen molar-refractivity contribution in [1.29, 1.82) is 0 Å². The second-order valence-electron chi connectivity index (χ2n) is 5.63. The lowest BCUT2D eigenvalue weighted by Crippen LogP contribution is -2.32. The average Bonchev–Trinajstić information content (AvgIpc) is 2.73. The zero-order chi connectivity index (χ0) is 20.5. The first-order valence-electron chi connectivity index (χ1n) is 8.56. The van der Waals surface area contributed by atoms with Crippen molar-refractivity contribution in [3.63, 3.8) is 0 Å². The van der Waals surface area contributed by atoms with Crippen molar-refractivity contribution in [2.45, 2.75) is 13.3 Å². The summed E-state index contributed by atoms with van der Waals surface area (Å²) in [5.41, 5.74) is 4.39. The molecule has 0 heterocycles. The molecule has 2 aromatic rings. The topological polar surface area (TPSA) is 98.3 Å². The molecule has 0 aliphatic rings. The molecule has 8 nitrogen and oxygen atoms in total. The number of aryl methyl sites for hydroxylation is 1. The number of nitrogens with one attached hydrogen (secondary N) is 2. The molecule has 8 heteroatoms. The van der Waals surface area contributed by atoms with Crippen molar-refractivity contribution in [1.82, 2.24) is 5.43 Å². The Balaban J connectivity index is 2.03. The summed E-state index contributed by atoms with van der Waals surface area (Å²) < 4.78 is 15.8. The number of rotatable bonds is 7. The summed E-state index contributed by atoms with van der Waals surface area (Å²) in [6.45, 7) is 2.03. The first kappa shape index (κ1) is 20.8. The lowest BCUT2D eigenvalue weighted by Gasteiger charge is -2.13. The first-order chi connectivity index (χ1) is 13.5. The Hall–Kier alpha value is -3.55. The van der Waals surface area contributed by atoms with Crippen LogP contribution in [0.3, 0.4) is 0 Å². The Bertz CT molecular complexity index is 863. The number of hydrogen-bond acceptors (Lipinski definition) is 6. The Morgan fingerprint density at radius 2 is 1.61 bits per heavy atom. The molecule has 0 radical (unpaired) electrons. The minimum Gasteiger partial charge on any atom is -0.493 e. The van der Waals surface area contributed by atoms with E-state index < -0.39 is 11.8 Å². The minimum absolute atomic E-state index is 0.389. The molecule has 148 valence electrons. The van der Waals surface area contributed by atoms with Crippen LogP contribution in [0.25, 0.3) is 0 Å². The van der Waals surface area contributed by atoms with Gasteiger partial charge in [-0.15, -0.1) is 0 Å². The van der Waals surface area contributed by atoms with E-state index in [1.807, 2.05) is 19.1 Å². The molecule has 0 bridgehead atoms. The van der Waals surface area contributed by atoms with E-state index in [1.54, 1.807) is 24.3 Å². The SMILES string of the molecule is CCc1ccc(NC(=O)C(=O)N/N=C\c2ccc(OC)c(OC)c2OC)cc1. The standard InChI is InChI=1S/C20H23N3O5/c1-5-13-6-9-15(10-7-13)22-19(24)20(25)23-21-12-14-8-11-16(26-2)18(28-4)17(14)27-3/h6-12H,5H2,1-4H3,(H,22,24)(H,23,25)/b21-12-. The van der Waals surface area contributed by atoms with E-state index in [1.165, 1.54) is 27.5 Å². The van der Waals surface area contributed by atoms with E-state index in [-0.39, 0.29) is 0 Å². The number of anilines is 1. The van der Waals surface area contributed by atoms with Crippen LogP contribution in [-0.2, 0) is 16.0 Å². The smallest absolute Gasteiger partial charge is 0.329 e. The maximum atomic E-state index is 12.0. The Kier molecular flexibility index (Phi) is 7.38. The summed E-state index contributed by atoms with van der Waals surface area (Å²) in [4.78, 5) is 23.9. The van der Waals surface area contributed by atoms with Crippen LogP contribution in [0.15, 0.2) is 41.5 Å². The van der Waals surface area contributed by atoms with Gasteiger partial charge in [0.15, 0.2) is 11.5 Å². The molecule has 0 atom stereocenters. The van der Waals surface area contributed by atoms with Gasteiger partial charge in [-0.1, -0.05) is 19.1 Å². The number of ether oxygens (including phenoxy) is 3. The van der Waals surface area contributed by atoms with Crippen LogP contribution in [0.1, 0.15) is 18.1 Å². The van der Waals surface area contributed by atoms with Crippen molar-refractivity contribution >= 4 is 23.7 Å². The third-order valence-electron chi connectivity index (χ3n) is 3.93. The number of hydrazone groups is 1. The highest BCUT2D eigenvalue weighted by molar-refractivity contribution is 6.39. The molecular weight excluding hydrogens is 362 g/mol. The van der Waals surface area contributed by atoms with Crippen LogP contribution in [0.4, 0.5) is 5.69 Å². The molecule has 0 fully saturated rings. The van der Waals surface area contributed by atoms with Crippen molar-refractivity contribution in [2.24, 2.45) is 5.10 Å². The second kappa shape index (κ2) is 9.96. The predicted molar refractivity (Wildman–Crippen MR) is 106 cm³/mol. The fraction of sp³-hybridized carbons (Fsp3) is 0.250. The van der Waals surface area contributed by atoms with Crippen LogP contribution in [0.2, 0.25) is 0 Å². The molecule has 0 saturated carbocycles. The average molecular weight is 385 g/mol. The van der Waals surface area contributed by atoms with Crippen molar-refractivity contribution < 1.29 is 23.8 Å². The van der Waals surface area contributed by atoms with Gasteiger partial charge in [-0.2, -0.15) is 5.10 Å². The third-order valence-corrected chi connectivity index (χ3v) is 3.93. The maximum Gasteiger partial charge on any atom is 0.329 e. The molecule has 0 aliphatic carbocycles. The lowest BCUT2D eigenvalue weighted by molar-refractivity contribution is -0.136. The molecule has 0 aromatic heterocycles. The highest BCUT2D eigenvalue weighted by Gasteiger charge is 2.16. The molecule has 2 aromatic carbocycles. The van der Waals surface area contributed by atoms with Gasteiger partial charge in [0.05, 0.1) is 27.5 Å². The predicted octanol–water partition coefficient (Wildman–Crippen LogP) is 2.36. The van der Waals surface area contributed by atoms with Gasteiger partial charge in [-0.3, -0.25) is 9.59 Å². The van der Waals surface area contributed by atoms with E-state index in [9.17, 15) is 9.59 Å². The van der Waals surface area contributed by atoms with Crippen molar-refractivity contribution in [3.05, 3.63) is 47.5 Å². The summed E-state index contributed by atoms with van der Waals surface area (Å²) in [5.74, 6) is -0.432. The van der Waals surface area contributed by atoms with Gasteiger partial charge >= 0.3 is 11.8 Å². The molecule has 0 spiro atoms. The molecule has 2 N–H and O–H groups in total. The Labute approximate surface area is 163 Å². The van der Waals surface area contributed by atoms with Gasteiger partial charge < -0.3 is 19.5 Å². The van der Waals surface area contributed by atoms with Gasteiger partial charge in [0.2, 0.25) is 5.75 Å². The molecule has 2 amide bonds. The molecule has 2 rings (SSSR count). The minimum atomic E-state index is -0.893. The van der Waals surface area contributed by atoms with Crippen LogP contribution >= 0.6 is 0 Å². The summed E-state index contributed by atoms with van der Waals surface area (Å²) in [6, 6.07) is 10.6. The fourth-order valence-electron chi connectivity index (χ4n) is 2.45. The van der Waals surface area contributed by atoms with E-state index in [0.29, 0.717) is 28.5 Å². The fourth-order valence-corrected chi connectivity index (χ4v) is 2.45. The lowest BCUT2D eigenvalue weighted by atomic mass is 10.1. The Morgan fingerprint density at radius 3 is 2.18 bits per heavy atom. The second-order valence-corrected chi connectivity index (χ2v) is 5.63. The van der Waals surface area contributed by atoms with E-state index in [0.717, 1.165) is 12.0 Å². The van der Waals surface area contributed by atoms with Crippen LogP contribution in [0, 0.1) is 0 Å². The van der Waals surface area contributed by atoms with Crippen LogP contribution < -0.4 is 25.0 Å². The molecule has 0 saturated heterocycles. The number of amides is 2. The maximum absolute atomic E-state index is 12.0. The summed E-state index contributed by atoms with van der Waals surface area (Å²) in [7, 11) is 4.48. The number of methoxy groups -OCH3 is 3. The van der Waals surface area contributed by atoms with Crippen LogP contribution in [0.5, 0.6) is 17.2 Å². The van der Waals surface area contributed by atoms with Crippen LogP contribution in [-0.4, -0.2) is 39.4 Å². The first-order valence-corrected chi connectivity index (χ1v) is 8.56. The highest BCUT2D eigenvalue weighted by Crippen LogP contribution is 2.38. The number of carbonyl (C=O) groups excluding carboxylic acids is 2. The highest BCUT2D eigenvalue weighted by atomic mass is 16.5. The quantitative estimate of drug-likeness (QED) is 0.433. The van der Waals surface area contributed by atoms with Crippen molar-refractivity contribution in [3.8, 4) is 17.2 Å².